The van der Waals surface area contributed by atoms with Crippen molar-refractivity contribution in [3.63, 3.8) is 0 Å². The number of ether oxygens (including phenoxy) is 2. The third-order valence-electron chi connectivity index (χ3n) is 6.44. The van der Waals surface area contributed by atoms with E-state index >= 15 is 0 Å². The highest BCUT2D eigenvalue weighted by Gasteiger charge is 2.26. The summed E-state index contributed by atoms with van der Waals surface area (Å²) >= 11 is 0. The normalized spacial score (nSPS) is 12.1. The Morgan fingerprint density at radius 1 is 0.824 bits per heavy atom. The lowest BCUT2D eigenvalue weighted by Gasteiger charge is -2.19. The van der Waals surface area contributed by atoms with Crippen molar-refractivity contribution in [3.05, 3.63) is 102 Å². The monoisotopic (exact) mass is 449 g/mol. The lowest BCUT2D eigenvalue weighted by atomic mass is 9.89. The number of esters is 1. The van der Waals surface area contributed by atoms with Crippen LogP contribution < -0.4 is 4.74 Å². The predicted octanol–water partition coefficient (Wildman–Crippen LogP) is 7.48. The van der Waals surface area contributed by atoms with Crippen molar-refractivity contribution in [2.24, 2.45) is 0 Å². The van der Waals surface area contributed by atoms with E-state index < -0.39 is 0 Å². The maximum absolute atomic E-state index is 13.5. The molecule has 4 aromatic carbocycles. The van der Waals surface area contributed by atoms with Crippen LogP contribution in [-0.2, 0) is 11.2 Å². The van der Waals surface area contributed by atoms with Gasteiger partial charge in [0.1, 0.15) is 17.5 Å². The van der Waals surface area contributed by atoms with Gasteiger partial charge in [-0.15, -0.1) is 0 Å². The lowest BCUT2D eigenvalue weighted by Crippen LogP contribution is -2.11. The van der Waals surface area contributed by atoms with E-state index in [0.717, 1.165) is 56.0 Å². The summed E-state index contributed by atoms with van der Waals surface area (Å²) < 4.78 is 11.9. The number of methoxy groups -OCH3 is 1. The number of carbonyl (C=O) groups is 1. The number of fused-ring (bicyclic) bond motifs is 3. The molecule has 0 amide bonds. The molecule has 0 radical (unpaired) electrons. The Labute approximate surface area is 199 Å². The molecule has 0 bridgehead atoms. The zero-order valence-corrected chi connectivity index (χ0v) is 19.6. The van der Waals surface area contributed by atoms with E-state index in [0.29, 0.717) is 5.69 Å². The summed E-state index contributed by atoms with van der Waals surface area (Å²) in [4.78, 5) is 16.7. The Morgan fingerprint density at radius 3 is 2.06 bits per heavy atom. The maximum Gasteiger partial charge on any atom is 0.356 e. The van der Waals surface area contributed by atoms with Crippen LogP contribution in [0.4, 0.5) is 0 Å². The second-order valence-corrected chi connectivity index (χ2v) is 8.38. The van der Waals surface area contributed by atoms with Gasteiger partial charge < -0.3 is 14.5 Å². The molecule has 0 saturated carbocycles. The Morgan fingerprint density at radius 2 is 1.41 bits per heavy atom. The summed E-state index contributed by atoms with van der Waals surface area (Å²) in [7, 11) is 1.69. The van der Waals surface area contributed by atoms with E-state index in [1.807, 2.05) is 67.7 Å². The molecule has 1 heterocycles. The molecule has 4 nitrogen and oxygen atoms in total. The first kappa shape index (κ1) is 21.8. The van der Waals surface area contributed by atoms with Gasteiger partial charge in [-0.3, -0.25) is 0 Å². The third kappa shape index (κ3) is 3.61. The van der Waals surface area contributed by atoms with Crippen LogP contribution in [0.25, 0.3) is 32.7 Å². The number of H-pyrrole nitrogens is 1. The minimum absolute atomic E-state index is 0.370. The average molecular weight is 450 g/mol. The molecule has 0 aliphatic carbocycles. The number of benzene rings is 4. The molecule has 1 aromatic heterocycles. The molecular formula is C30H27NO3. The lowest BCUT2D eigenvalue weighted by molar-refractivity contribution is 0.0332. The van der Waals surface area contributed by atoms with E-state index in [1.165, 1.54) is 0 Å². The Hall–Kier alpha value is -4.05. The van der Waals surface area contributed by atoms with Crippen molar-refractivity contribution >= 4 is 27.5 Å². The largest absolute Gasteiger partial charge is 0.495 e. The predicted molar refractivity (Wildman–Crippen MR) is 137 cm³/mol. The first-order chi connectivity index (χ1) is 16.6. The van der Waals surface area contributed by atoms with Gasteiger partial charge in [-0.25, -0.2) is 4.79 Å². The van der Waals surface area contributed by atoms with Gasteiger partial charge in [-0.2, -0.15) is 0 Å². The van der Waals surface area contributed by atoms with Gasteiger partial charge in [-0.1, -0.05) is 85.8 Å². The fourth-order valence-electron chi connectivity index (χ4n) is 4.77. The van der Waals surface area contributed by atoms with Crippen molar-refractivity contribution in [2.45, 2.75) is 26.4 Å². The molecule has 1 N–H and O–H groups in total. The second kappa shape index (κ2) is 9.06. The Bertz CT molecular complexity index is 1480. The van der Waals surface area contributed by atoms with Gasteiger partial charge in [0.25, 0.3) is 0 Å². The van der Waals surface area contributed by atoms with E-state index in [1.54, 1.807) is 7.11 Å². The second-order valence-electron chi connectivity index (χ2n) is 8.38. The van der Waals surface area contributed by atoms with Crippen LogP contribution >= 0.6 is 0 Å². The average Bonchev–Trinajstić information content (AvgIpc) is 3.32. The summed E-state index contributed by atoms with van der Waals surface area (Å²) in [5.74, 6) is 0.374. The van der Waals surface area contributed by atoms with E-state index in [2.05, 4.69) is 36.2 Å². The highest BCUT2D eigenvalue weighted by atomic mass is 16.5. The van der Waals surface area contributed by atoms with Crippen molar-refractivity contribution < 1.29 is 14.3 Å². The molecular weight excluding hydrogens is 422 g/mol. The van der Waals surface area contributed by atoms with Crippen LogP contribution in [0.3, 0.4) is 0 Å². The van der Waals surface area contributed by atoms with E-state index in [-0.39, 0.29) is 12.1 Å². The zero-order chi connectivity index (χ0) is 23.7. The van der Waals surface area contributed by atoms with E-state index in [4.69, 9.17) is 9.47 Å². The van der Waals surface area contributed by atoms with Crippen LogP contribution in [0.15, 0.2) is 85.1 Å². The molecule has 0 aliphatic heterocycles. The van der Waals surface area contributed by atoms with Gasteiger partial charge in [0.05, 0.1) is 7.11 Å². The molecule has 1 atom stereocenters. The van der Waals surface area contributed by atoms with Gasteiger partial charge >= 0.3 is 5.97 Å². The standard InChI is InChI=1S/C30H27NO3/c1-4-20-18-31-28(30(32)34-19(2)21-12-6-5-7-13-21)26(20)27-24-16-10-8-14-22(24)23-15-9-11-17-25(23)29(27)33-3/h5-19,31H,4H2,1-3H3/t19-/m1/s1. The molecule has 0 aliphatic rings. The summed E-state index contributed by atoms with van der Waals surface area (Å²) in [5.41, 5.74) is 4.19. The topological polar surface area (TPSA) is 51.3 Å². The minimum Gasteiger partial charge on any atom is -0.495 e. The number of aryl methyl sites for hydroxylation is 1. The number of rotatable bonds is 6. The van der Waals surface area contributed by atoms with Gasteiger partial charge in [0.15, 0.2) is 0 Å². The molecule has 0 spiro atoms. The van der Waals surface area contributed by atoms with Crippen LogP contribution in [0.1, 0.15) is 41.6 Å². The summed E-state index contributed by atoms with van der Waals surface area (Å²) in [5, 5.41) is 4.29. The molecule has 5 rings (SSSR count). The fraction of sp³-hybridized carbons (Fsp3) is 0.167. The number of aromatic amines is 1. The molecule has 170 valence electrons. The Kier molecular flexibility index (Phi) is 5.81. The SMILES string of the molecule is CCc1c[nH]c(C(=O)O[C@H](C)c2ccccc2)c1-c1c(OC)c2ccccc2c2ccccc12. The number of hydrogen-bond acceptors (Lipinski definition) is 3. The number of hydrogen-bond donors (Lipinski definition) is 1. The molecule has 0 saturated heterocycles. The van der Waals surface area contributed by atoms with Crippen molar-refractivity contribution in [3.8, 4) is 16.9 Å². The van der Waals surface area contributed by atoms with Crippen LogP contribution in [0, 0.1) is 0 Å². The number of nitrogens with one attached hydrogen (secondary N) is 1. The van der Waals surface area contributed by atoms with Gasteiger partial charge in [-0.05, 0) is 40.6 Å². The Balaban J connectivity index is 1.73. The fourth-order valence-corrected chi connectivity index (χ4v) is 4.77. The zero-order valence-electron chi connectivity index (χ0n) is 19.6. The van der Waals surface area contributed by atoms with Crippen LogP contribution in [0.5, 0.6) is 5.75 Å². The van der Waals surface area contributed by atoms with Crippen LogP contribution in [0.2, 0.25) is 0 Å². The first-order valence-corrected chi connectivity index (χ1v) is 11.6. The number of aromatic nitrogens is 1. The first-order valence-electron chi connectivity index (χ1n) is 11.6. The van der Waals surface area contributed by atoms with Crippen molar-refractivity contribution in [1.82, 2.24) is 4.98 Å². The van der Waals surface area contributed by atoms with Gasteiger partial charge in [0, 0.05) is 22.7 Å². The molecule has 0 unspecified atom stereocenters. The van der Waals surface area contributed by atoms with Gasteiger partial charge in [0.2, 0.25) is 0 Å². The molecule has 0 fully saturated rings. The molecule has 34 heavy (non-hydrogen) atoms. The maximum atomic E-state index is 13.5. The van der Waals surface area contributed by atoms with Crippen LogP contribution in [-0.4, -0.2) is 18.1 Å². The van der Waals surface area contributed by atoms with Crippen molar-refractivity contribution in [2.75, 3.05) is 7.11 Å². The van der Waals surface area contributed by atoms with Crippen molar-refractivity contribution in [1.29, 1.82) is 0 Å². The molecule has 5 aromatic rings. The summed E-state index contributed by atoms with van der Waals surface area (Å²) in [6, 6.07) is 26.3. The molecule has 4 heteroatoms. The summed E-state index contributed by atoms with van der Waals surface area (Å²) in [6.07, 6.45) is 2.30. The smallest absolute Gasteiger partial charge is 0.356 e. The quantitative estimate of drug-likeness (QED) is 0.216. The highest BCUT2D eigenvalue weighted by Crippen LogP contribution is 2.46. The number of carbonyl (C=O) groups excluding carboxylic acids is 1. The third-order valence-corrected chi connectivity index (χ3v) is 6.44. The van der Waals surface area contributed by atoms with E-state index in [9.17, 15) is 4.79 Å². The minimum atomic E-state index is -0.384. The highest BCUT2D eigenvalue weighted by molar-refractivity contribution is 6.19. The summed E-state index contributed by atoms with van der Waals surface area (Å²) in [6.45, 7) is 3.98.